The van der Waals surface area contributed by atoms with Crippen molar-refractivity contribution in [2.24, 2.45) is 11.8 Å². The number of aliphatic carboxylic acids is 1. The summed E-state index contributed by atoms with van der Waals surface area (Å²) in [7, 11) is 0. The maximum Gasteiger partial charge on any atom is 0.397 e. The first-order chi connectivity index (χ1) is 10.3. The number of alkyl halides is 3. The zero-order valence-electron chi connectivity index (χ0n) is 11.6. The van der Waals surface area contributed by atoms with Crippen molar-refractivity contribution >= 4 is 11.9 Å². The van der Waals surface area contributed by atoms with Crippen LogP contribution in [0.2, 0.25) is 0 Å². The molecule has 1 fully saturated rings. The summed E-state index contributed by atoms with van der Waals surface area (Å²) in [6, 6.07) is 7.33. The zero-order valence-corrected chi connectivity index (χ0v) is 11.6. The number of hydrogen-bond donors (Lipinski definition) is 2. The number of hydrogen-bond acceptors (Lipinski definition) is 2. The van der Waals surface area contributed by atoms with E-state index in [1.165, 1.54) is 24.3 Å². The Morgan fingerprint density at radius 3 is 2.23 bits per heavy atom. The van der Waals surface area contributed by atoms with Gasteiger partial charge in [-0.15, -0.1) is 0 Å². The second-order valence-electron chi connectivity index (χ2n) is 5.38. The fraction of sp³-hybridized carbons (Fsp3) is 0.467. The number of amides is 1. The summed E-state index contributed by atoms with van der Waals surface area (Å²) in [5.41, 5.74) is 0.0682. The van der Waals surface area contributed by atoms with Gasteiger partial charge in [0.1, 0.15) is 0 Å². The van der Waals surface area contributed by atoms with Gasteiger partial charge in [-0.25, -0.2) is 0 Å². The molecule has 120 valence electrons. The van der Waals surface area contributed by atoms with Crippen LogP contribution in [0.4, 0.5) is 13.2 Å². The third-order valence-corrected chi connectivity index (χ3v) is 4.01. The van der Waals surface area contributed by atoms with Crippen LogP contribution in [0, 0.1) is 11.8 Å². The minimum Gasteiger partial charge on any atom is -0.481 e. The van der Waals surface area contributed by atoms with Crippen LogP contribution in [0.25, 0.3) is 0 Å². The van der Waals surface area contributed by atoms with E-state index in [1.54, 1.807) is 6.07 Å². The second-order valence-corrected chi connectivity index (χ2v) is 5.38. The first kappa shape index (κ1) is 16.3. The summed E-state index contributed by atoms with van der Waals surface area (Å²) >= 11 is 0. The number of carbonyl (C=O) groups is 2. The van der Waals surface area contributed by atoms with Crippen molar-refractivity contribution < 1.29 is 27.9 Å². The zero-order chi connectivity index (χ0) is 16.3. The molecule has 3 unspecified atom stereocenters. The van der Waals surface area contributed by atoms with E-state index >= 15 is 0 Å². The number of benzene rings is 1. The molecule has 0 heterocycles. The highest BCUT2D eigenvalue weighted by Crippen LogP contribution is 2.36. The summed E-state index contributed by atoms with van der Waals surface area (Å²) in [6.07, 6.45) is -3.71. The van der Waals surface area contributed by atoms with Crippen molar-refractivity contribution in [2.75, 3.05) is 6.54 Å². The lowest BCUT2D eigenvalue weighted by Gasteiger charge is -2.32. The molecule has 1 aliphatic rings. The SMILES string of the molecule is O=C(O)C1CCC1C(=O)NCC(c1ccccc1)C(F)(F)F. The normalized spacial score (nSPS) is 22.5. The molecule has 1 saturated carbocycles. The van der Waals surface area contributed by atoms with Gasteiger partial charge in [0.05, 0.1) is 17.8 Å². The molecular formula is C15H16F3NO3. The molecule has 0 spiro atoms. The summed E-state index contributed by atoms with van der Waals surface area (Å²) in [5.74, 6) is -5.03. The number of carbonyl (C=O) groups excluding carboxylic acids is 1. The van der Waals surface area contributed by atoms with Crippen LogP contribution < -0.4 is 5.32 Å². The van der Waals surface area contributed by atoms with Crippen LogP contribution in [0.15, 0.2) is 30.3 Å². The van der Waals surface area contributed by atoms with Gasteiger partial charge in [0, 0.05) is 6.54 Å². The highest BCUT2D eigenvalue weighted by atomic mass is 19.4. The Kier molecular flexibility index (Phi) is 4.73. The minimum atomic E-state index is -4.49. The van der Waals surface area contributed by atoms with Gasteiger partial charge < -0.3 is 10.4 Å². The van der Waals surface area contributed by atoms with Gasteiger partial charge in [-0.05, 0) is 18.4 Å². The van der Waals surface area contributed by atoms with Crippen LogP contribution in [0.3, 0.4) is 0 Å². The fourth-order valence-corrected chi connectivity index (χ4v) is 2.55. The fourth-order valence-electron chi connectivity index (χ4n) is 2.55. The van der Waals surface area contributed by atoms with E-state index in [2.05, 4.69) is 5.32 Å². The van der Waals surface area contributed by atoms with Crippen molar-refractivity contribution in [1.29, 1.82) is 0 Å². The number of carboxylic acids is 1. The van der Waals surface area contributed by atoms with Crippen molar-refractivity contribution in [1.82, 2.24) is 5.32 Å². The van der Waals surface area contributed by atoms with E-state index in [0.717, 1.165) is 0 Å². The maximum atomic E-state index is 13.1. The Labute approximate surface area is 125 Å². The van der Waals surface area contributed by atoms with Crippen LogP contribution in [-0.4, -0.2) is 29.7 Å². The van der Waals surface area contributed by atoms with Crippen LogP contribution >= 0.6 is 0 Å². The number of rotatable bonds is 5. The molecule has 0 radical (unpaired) electrons. The number of nitrogens with one attached hydrogen (secondary N) is 1. The Balaban J connectivity index is 2.01. The third-order valence-electron chi connectivity index (χ3n) is 4.01. The predicted molar refractivity (Wildman–Crippen MR) is 72.1 cm³/mol. The molecule has 2 N–H and O–H groups in total. The molecule has 7 heteroatoms. The number of carboxylic acid groups (broad SMARTS) is 1. The molecule has 0 saturated heterocycles. The lowest BCUT2D eigenvalue weighted by atomic mass is 9.73. The summed E-state index contributed by atoms with van der Waals surface area (Å²) in [4.78, 5) is 22.7. The van der Waals surface area contributed by atoms with Crippen LogP contribution in [0.1, 0.15) is 24.3 Å². The summed E-state index contributed by atoms with van der Waals surface area (Å²) < 4.78 is 39.3. The quantitative estimate of drug-likeness (QED) is 0.877. The van der Waals surface area contributed by atoms with Crippen molar-refractivity contribution in [2.45, 2.75) is 24.9 Å². The monoisotopic (exact) mass is 315 g/mol. The molecule has 0 bridgehead atoms. The van der Waals surface area contributed by atoms with Crippen LogP contribution in [-0.2, 0) is 9.59 Å². The van der Waals surface area contributed by atoms with Gasteiger partial charge in [-0.3, -0.25) is 9.59 Å². The van der Waals surface area contributed by atoms with E-state index in [0.29, 0.717) is 12.8 Å². The summed E-state index contributed by atoms with van der Waals surface area (Å²) in [6.45, 7) is -0.588. The van der Waals surface area contributed by atoms with Gasteiger partial charge >= 0.3 is 12.1 Å². The number of halogens is 3. The van der Waals surface area contributed by atoms with Gasteiger partial charge in [0.15, 0.2) is 0 Å². The molecule has 1 amide bonds. The van der Waals surface area contributed by atoms with E-state index in [-0.39, 0.29) is 5.56 Å². The Morgan fingerprint density at radius 1 is 1.18 bits per heavy atom. The third kappa shape index (κ3) is 3.58. The Bertz CT molecular complexity index is 545. The smallest absolute Gasteiger partial charge is 0.397 e. The molecule has 3 atom stereocenters. The molecule has 0 aromatic heterocycles. The molecular weight excluding hydrogens is 299 g/mol. The average Bonchev–Trinajstić information content (AvgIpc) is 2.36. The van der Waals surface area contributed by atoms with Gasteiger partial charge in [0.2, 0.25) is 5.91 Å². The Hall–Kier alpha value is -2.05. The van der Waals surface area contributed by atoms with Crippen molar-refractivity contribution in [3.63, 3.8) is 0 Å². The average molecular weight is 315 g/mol. The summed E-state index contributed by atoms with van der Waals surface area (Å²) in [5, 5.41) is 11.1. The molecule has 1 aromatic carbocycles. The Morgan fingerprint density at radius 2 is 1.77 bits per heavy atom. The lowest BCUT2D eigenvalue weighted by molar-refractivity contribution is -0.156. The first-order valence-corrected chi connectivity index (χ1v) is 6.93. The van der Waals surface area contributed by atoms with Crippen LogP contribution in [0.5, 0.6) is 0 Å². The second kappa shape index (κ2) is 6.37. The van der Waals surface area contributed by atoms with E-state index in [9.17, 15) is 22.8 Å². The first-order valence-electron chi connectivity index (χ1n) is 6.93. The van der Waals surface area contributed by atoms with E-state index < -0.39 is 42.4 Å². The largest absolute Gasteiger partial charge is 0.481 e. The predicted octanol–water partition coefficient (Wildman–Crippen LogP) is 2.56. The lowest BCUT2D eigenvalue weighted by Crippen LogP contribution is -2.46. The van der Waals surface area contributed by atoms with Crippen molar-refractivity contribution in [3.05, 3.63) is 35.9 Å². The van der Waals surface area contributed by atoms with E-state index in [1.807, 2.05) is 0 Å². The van der Waals surface area contributed by atoms with E-state index in [4.69, 9.17) is 5.11 Å². The maximum absolute atomic E-state index is 13.1. The topological polar surface area (TPSA) is 66.4 Å². The molecule has 4 nitrogen and oxygen atoms in total. The van der Waals surface area contributed by atoms with Gasteiger partial charge in [-0.1, -0.05) is 30.3 Å². The molecule has 22 heavy (non-hydrogen) atoms. The molecule has 1 aromatic rings. The molecule has 2 rings (SSSR count). The highest BCUT2D eigenvalue weighted by molar-refractivity contribution is 5.86. The van der Waals surface area contributed by atoms with Gasteiger partial charge in [-0.2, -0.15) is 13.2 Å². The standard InChI is InChI=1S/C15H16F3NO3/c16-15(17,18)12(9-4-2-1-3-5-9)8-19-13(20)10-6-7-11(10)14(21)22/h1-5,10-12H,6-8H2,(H,19,20)(H,21,22). The molecule has 1 aliphatic carbocycles. The highest BCUT2D eigenvalue weighted by Gasteiger charge is 2.44. The minimum absolute atomic E-state index is 0.0682. The van der Waals surface area contributed by atoms with Gasteiger partial charge in [0.25, 0.3) is 0 Å². The molecule has 0 aliphatic heterocycles. The van der Waals surface area contributed by atoms with Crippen molar-refractivity contribution in [3.8, 4) is 0 Å².